The van der Waals surface area contributed by atoms with Crippen LogP contribution in [-0.2, 0) is 6.54 Å². The fourth-order valence-electron chi connectivity index (χ4n) is 3.14. The van der Waals surface area contributed by atoms with Crippen molar-refractivity contribution in [2.24, 2.45) is 0 Å². The molecule has 0 bridgehead atoms. The zero-order valence-electron chi connectivity index (χ0n) is 12.8. The fourth-order valence-corrected chi connectivity index (χ4v) is 3.14. The average molecular weight is 309 g/mol. The molecule has 1 atom stereocenters. The number of aromatic nitrogens is 6. The molecule has 3 aromatic heterocycles. The van der Waals surface area contributed by atoms with Crippen molar-refractivity contribution < 1.29 is 0 Å². The first kappa shape index (κ1) is 14.1. The lowest BCUT2D eigenvalue weighted by molar-refractivity contribution is 0.196. The summed E-state index contributed by atoms with van der Waals surface area (Å²) >= 11 is 0. The van der Waals surface area contributed by atoms with Crippen LogP contribution in [0.3, 0.4) is 0 Å². The number of aromatic amines is 1. The lowest BCUT2D eigenvalue weighted by Crippen LogP contribution is -2.34. The average Bonchev–Trinajstić information content (AvgIpc) is 3.29. The van der Waals surface area contributed by atoms with E-state index in [2.05, 4.69) is 24.8 Å². The standard InChI is InChI=1S/C16H19N7/c1-2-13(9-22(4-1)10-14-6-19-11-20-14)15-7-18-8-16(21-15)23-5-3-17-12-23/h3,5-8,11-13H,1-2,4,9-10H2,(H,19,20)/t13-/m0/s1. The number of rotatable bonds is 4. The van der Waals surface area contributed by atoms with Gasteiger partial charge in [-0.25, -0.2) is 15.0 Å². The summed E-state index contributed by atoms with van der Waals surface area (Å²) in [5, 5.41) is 0. The van der Waals surface area contributed by atoms with E-state index in [4.69, 9.17) is 4.98 Å². The molecule has 0 spiro atoms. The fraction of sp³-hybridized carbons (Fsp3) is 0.375. The maximum Gasteiger partial charge on any atom is 0.156 e. The highest BCUT2D eigenvalue weighted by molar-refractivity contribution is 5.21. The van der Waals surface area contributed by atoms with Crippen molar-refractivity contribution in [2.75, 3.05) is 13.1 Å². The Morgan fingerprint density at radius 2 is 2.17 bits per heavy atom. The molecule has 118 valence electrons. The number of piperidine rings is 1. The summed E-state index contributed by atoms with van der Waals surface area (Å²) in [6, 6.07) is 0. The molecule has 23 heavy (non-hydrogen) atoms. The van der Waals surface area contributed by atoms with E-state index in [9.17, 15) is 0 Å². The zero-order chi connectivity index (χ0) is 15.5. The molecule has 0 aromatic carbocycles. The van der Waals surface area contributed by atoms with Gasteiger partial charge in [-0.15, -0.1) is 0 Å². The van der Waals surface area contributed by atoms with Crippen molar-refractivity contribution in [2.45, 2.75) is 25.3 Å². The van der Waals surface area contributed by atoms with Gasteiger partial charge in [-0.05, 0) is 19.4 Å². The molecule has 0 radical (unpaired) electrons. The first-order valence-corrected chi connectivity index (χ1v) is 7.88. The van der Waals surface area contributed by atoms with Gasteiger partial charge in [0.05, 0.1) is 18.2 Å². The maximum absolute atomic E-state index is 4.78. The molecule has 1 saturated heterocycles. The summed E-state index contributed by atoms with van der Waals surface area (Å²) in [6.45, 7) is 3.02. The Kier molecular flexibility index (Phi) is 3.85. The van der Waals surface area contributed by atoms with E-state index in [-0.39, 0.29) is 0 Å². The van der Waals surface area contributed by atoms with E-state index in [1.807, 2.05) is 23.2 Å². The zero-order valence-corrected chi connectivity index (χ0v) is 12.8. The van der Waals surface area contributed by atoms with Gasteiger partial charge in [0.2, 0.25) is 0 Å². The smallest absolute Gasteiger partial charge is 0.156 e. The number of nitrogens with zero attached hydrogens (tertiary/aromatic N) is 6. The van der Waals surface area contributed by atoms with Crippen molar-refractivity contribution in [3.05, 3.63) is 55.0 Å². The number of hydrogen-bond acceptors (Lipinski definition) is 5. The van der Waals surface area contributed by atoms with Gasteiger partial charge in [0.25, 0.3) is 0 Å². The van der Waals surface area contributed by atoms with E-state index in [0.29, 0.717) is 5.92 Å². The molecule has 0 unspecified atom stereocenters. The third-order valence-electron chi connectivity index (χ3n) is 4.28. The second-order valence-electron chi connectivity index (χ2n) is 5.92. The third-order valence-corrected chi connectivity index (χ3v) is 4.28. The molecule has 0 aliphatic carbocycles. The third kappa shape index (κ3) is 3.14. The Balaban J connectivity index is 1.50. The molecular formula is C16H19N7. The molecule has 7 heteroatoms. The lowest BCUT2D eigenvalue weighted by atomic mass is 9.95. The van der Waals surface area contributed by atoms with Crippen LogP contribution >= 0.6 is 0 Å². The van der Waals surface area contributed by atoms with Gasteiger partial charge in [0.15, 0.2) is 5.82 Å². The number of imidazole rings is 2. The highest BCUT2D eigenvalue weighted by atomic mass is 15.2. The number of H-pyrrole nitrogens is 1. The minimum Gasteiger partial charge on any atom is -0.347 e. The summed E-state index contributed by atoms with van der Waals surface area (Å²) in [5.41, 5.74) is 2.22. The molecule has 1 aliphatic rings. The second kappa shape index (κ2) is 6.29. The number of likely N-dealkylation sites (tertiary alicyclic amines) is 1. The molecular weight excluding hydrogens is 290 g/mol. The first-order chi connectivity index (χ1) is 11.4. The Bertz CT molecular complexity index is 736. The molecule has 1 aliphatic heterocycles. The summed E-state index contributed by atoms with van der Waals surface area (Å²) in [4.78, 5) is 22.9. The highest BCUT2D eigenvalue weighted by Gasteiger charge is 2.23. The van der Waals surface area contributed by atoms with Crippen LogP contribution in [0.5, 0.6) is 0 Å². The van der Waals surface area contributed by atoms with Crippen molar-refractivity contribution in [1.82, 2.24) is 34.4 Å². The quantitative estimate of drug-likeness (QED) is 0.795. The minimum absolute atomic E-state index is 0.419. The SMILES string of the molecule is c1cn(-c2cncc([C@H]3CCCN(Cc4cnc[nH]4)C3)n2)cn1. The topological polar surface area (TPSA) is 75.5 Å². The van der Waals surface area contributed by atoms with Gasteiger partial charge in [0.1, 0.15) is 6.33 Å². The van der Waals surface area contributed by atoms with Crippen LogP contribution in [0.25, 0.3) is 5.82 Å². The van der Waals surface area contributed by atoms with Crippen LogP contribution < -0.4 is 0 Å². The van der Waals surface area contributed by atoms with Crippen molar-refractivity contribution in [1.29, 1.82) is 0 Å². The molecule has 1 fully saturated rings. The molecule has 0 amide bonds. The lowest BCUT2D eigenvalue weighted by Gasteiger charge is -2.32. The van der Waals surface area contributed by atoms with Crippen molar-refractivity contribution in [3.63, 3.8) is 0 Å². The van der Waals surface area contributed by atoms with Crippen LogP contribution in [0.15, 0.2) is 43.6 Å². The number of nitrogens with one attached hydrogen (secondary N) is 1. The molecule has 3 aromatic rings. The van der Waals surface area contributed by atoms with Crippen LogP contribution in [0.1, 0.15) is 30.1 Å². The van der Waals surface area contributed by atoms with Crippen LogP contribution in [-0.4, -0.2) is 47.5 Å². The molecule has 7 nitrogen and oxygen atoms in total. The normalized spacial score (nSPS) is 19.0. The van der Waals surface area contributed by atoms with Crippen LogP contribution in [0, 0.1) is 0 Å². The Hall–Kier alpha value is -2.54. The summed E-state index contributed by atoms with van der Waals surface area (Å²) in [5.74, 6) is 1.24. The minimum atomic E-state index is 0.419. The van der Waals surface area contributed by atoms with Gasteiger partial charge in [0, 0.05) is 49.5 Å². The van der Waals surface area contributed by atoms with Crippen LogP contribution in [0.4, 0.5) is 0 Å². The highest BCUT2D eigenvalue weighted by Crippen LogP contribution is 2.26. The van der Waals surface area contributed by atoms with E-state index in [1.165, 1.54) is 6.42 Å². The molecule has 4 rings (SSSR count). The molecule has 1 N–H and O–H groups in total. The Morgan fingerprint density at radius 3 is 3.00 bits per heavy atom. The molecule has 4 heterocycles. The van der Waals surface area contributed by atoms with Gasteiger partial charge in [-0.3, -0.25) is 14.5 Å². The van der Waals surface area contributed by atoms with Gasteiger partial charge >= 0.3 is 0 Å². The van der Waals surface area contributed by atoms with E-state index in [0.717, 1.165) is 43.3 Å². The van der Waals surface area contributed by atoms with Crippen molar-refractivity contribution in [3.8, 4) is 5.82 Å². The summed E-state index contributed by atoms with van der Waals surface area (Å²) in [6.07, 6.45) is 15.0. The summed E-state index contributed by atoms with van der Waals surface area (Å²) < 4.78 is 1.89. The first-order valence-electron chi connectivity index (χ1n) is 7.88. The van der Waals surface area contributed by atoms with E-state index >= 15 is 0 Å². The molecule has 0 saturated carbocycles. The second-order valence-corrected chi connectivity index (χ2v) is 5.92. The Morgan fingerprint density at radius 1 is 1.17 bits per heavy atom. The predicted molar refractivity (Wildman–Crippen MR) is 85.0 cm³/mol. The van der Waals surface area contributed by atoms with Gasteiger partial charge in [-0.2, -0.15) is 0 Å². The van der Waals surface area contributed by atoms with Crippen LogP contribution in [0.2, 0.25) is 0 Å². The largest absolute Gasteiger partial charge is 0.347 e. The van der Waals surface area contributed by atoms with Gasteiger partial charge < -0.3 is 4.98 Å². The monoisotopic (exact) mass is 309 g/mol. The summed E-state index contributed by atoms with van der Waals surface area (Å²) in [7, 11) is 0. The maximum atomic E-state index is 4.78. The number of hydrogen-bond donors (Lipinski definition) is 1. The van der Waals surface area contributed by atoms with Crippen molar-refractivity contribution >= 4 is 0 Å². The van der Waals surface area contributed by atoms with E-state index < -0.39 is 0 Å². The predicted octanol–water partition coefficient (Wildman–Crippen LogP) is 1.76. The van der Waals surface area contributed by atoms with Gasteiger partial charge in [-0.1, -0.05) is 0 Å². The van der Waals surface area contributed by atoms with E-state index in [1.54, 1.807) is 25.0 Å². The Labute approximate surface area is 134 Å².